The van der Waals surface area contributed by atoms with Gasteiger partial charge in [0.1, 0.15) is 6.04 Å². The molecule has 0 aliphatic carbocycles. The summed E-state index contributed by atoms with van der Waals surface area (Å²) in [5, 5.41) is 4.49. The number of aromatic nitrogens is 1. The molecule has 1 aliphatic heterocycles. The Morgan fingerprint density at radius 2 is 2.09 bits per heavy atom. The van der Waals surface area contributed by atoms with Crippen molar-refractivity contribution in [3.63, 3.8) is 0 Å². The fraction of sp³-hybridized carbons (Fsp3) is 0.333. The van der Waals surface area contributed by atoms with Crippen LogP contribution in [-0.4, -0.2) is 22.9 Å². The maximum absolute atomic E-state index is 12.0. The summed E-state index contributed by atoms with van der Waals surface area (Å²) in [6.07, 6.45) is 6.51. The molecule has 2 heterocycles. The van der Waals surface area contributed by atoms with Crippen molar-refractivity contribution < 1.29 is 9.59 Å². The van der Waals surface area contributed by atoms with E-state index in [2.05, 4.69) is 17.2 Å². The number of rotatable bonds is 3. The molecule has 1 unspecified atom stereocenters. The summed E-state index contributed by atoms with van der Waals surface area (Å²) in [4.78, 5) is 23.2. The third-order valence-corrected chi connectivity index (χ3v) is 3.97. The third-order valence-electron chi connectivity index (χ3n) is 3.97. The van der Waals surface area contributed by atoms with Crippen molar-refractivity contribution in [2.45, 2.75) is 31.7 Å². The quantitative estimate of drug-likeness (QED) is 0.515. The molecule has 1 saturated heterocycles. The molecule has 0 radical (unpaired) electrons. The van der Waals surface area contributed by atoms with Crippen molar-refractivity contribution in [3.8, 4) is 11.8 Å². The molecule has 23 heavy (non-hydrogen) atoms. The standard InChI is InChI=1S/C18H19N3O2/c19-9-3-1-2-4-13-5-6-14-11-21(12-15(14)10-13)16-7-8-17(22)20-18(16)23/h5-6,10-12,16H,1,3,7-9,19H2,(H,20,22,23). The molecule has 1 aromatic carbocycles. The highest BCUT2D eigenvalue weighted by Gasteiger charge is 2.27. The smallest absolute Gasteiger partial charge is 0.249 e. The summed E-state index contributed by atoms with van der Waals surface area (Å²) in [7, 11) is 0. The first-order valence-electron chi connectivity index (χ1n) is 7.81. The van der Waals surface area contributed by atoms with Gasteiger partial charge in [-0.25, -0.2) is 0 Å². The molecule has 0 bridgehead atoms. The Bertz CT molecular complexity index is 811. The van der Waals surface area contributed by atoms with Crippen LogP contribution in [-0.2, 0) is 9.59 Å². The number of amides is 2. The summed E-state index contributed by atoms with van der Waals surface area (Å²) in [6, 6.07) is 5.68. The fourth-order valence-electron chi connectivity index (χ4n) is 2.74. The van der Waals surface area contributed by atoms with Gasteiger partial charge in [-0.3, -0.25) is 14.9 Å². The van der Waals surface area contributed by atoms with Gasteiger partial charge in [0.2, 0.25) is 11.8 Å². The van der Waals surface area contributed by atoms with E-state index < -0.39 is 0 Å². The molecule has 1 aromatic heterocycles. The van der Waals surface area contributed by atoms with Crippen molar-refractivity contribution in [3.05, 3.63) is 36.2 Å². The van der Waals surface area contributed by atoms with E-state index in [1.807, 2.05) is 35.2 Å². The van der Waals surface area contributed by atoms with Crippen LogP contribution in [0.3, 0.4) is 0 Å². The molecule has 1 fully saturated rings. The van der Waals surface area contributed by atoms with Gasteiger partial charge in [0.25, 0.3) is 0 Å². The van der Waals surface area contributed by atoms with Crippen molar-refractivity contribution >= 4 is 22.6 Å². The van der Waals surface area contributed by atoms with Crippen molar-refractivity contribution in [1.29, 1.82) is 0 Å². The second kappa shape index (κ2) is 6.67. The highest BCUT2D eigenvalue weighted by molar-refractivity contribution is 5.99. The molecule has 5 nitrogen and oxygen atoms in total. The number of nitrogens with one attached hydrogen (secondary N) is 1. The minimum absolute atomic E-state index is 0.196. The average Bonchev–Trinajstić information content (AvgIpc) is 2.94. The lowest BCUT2D eigenvalue weighted by molar-refractivity contribution is -0.135. The van der Waals surface area contributed by atoms with Gasteiger partial charge in [-0.1, -0.05) is 17.9 Å². The van der Waals surface area contributed by atoms with Gasteiger partial charge in [0.05, 0.1) is 0 Å². The van der Waals surface area contributed by atoms with E-state index in [9.17, 15) is 9.59 Å². The van der Waals surface area contributed by atoms with Crippen LogP contribution in [0.25, 0.3) is 10.8 Å². The number of nitrogens with two attached hydrogens (primary N) is 1. The number of unbranched alkanes of at least 4 members (excludes halogenated alkanes) is 1. The van der Waals surface area contributed by atoms with E-state index in [1.165, 1.54) is 0 Å². The van der Waals surface area contributed by atoms with E-state index in [0.29, 0.717) is 19.4 Å². The summed E-state index contributed by atoms with van der Waals surface area (Å²) in [5.41, 5.74) is 6.41. The predicted molar refractivity (Wildman–Crippen MR) is 88.5 cm³/mol. The van der Waals surface area contributed by atoms with Gasteiger partial charge >= 0.3 is 0 Å². The number of carbonyl (C=O) groups is 2. The van der Waals surface area contributed by atoms with Gasteiger partial charge in [-0.15, -0.1) is 0 Å². The van der Waals surface area contributed by atoms with Crippen LogP contribution >= 0.6 is 0 Å². The van der Waals surface area contributed by atoms with Crippen LogP contribution in [0.1, 0.15) is 37.3 Å². The van der Waals surface area contributed by atoms with Crippen molar-refractivity contribution in [1.82, 2.24) is 9.88 Å². The number of benzene rings is 1. The number of piperidine rings is 1. The zero-order valence-electron chi connectivity index (χ0n) is 12.8. The minimum atomic E-state index is -0.320. The van der Waals surface area contributed by atoms with Gasteiger partial charge in [0, 0.05) is 36.2 Å². The topological polar surface area (TPSA) is 77.1 Å². The lowest BCUT2D eigenvalue weighted by Gasteiger charge is -2.21. The molecule has 1 aliphatic rings. The first-order valence-corrected chi connectivity index (χ1v) is 7.81. The highest BCUT2D eigenvalue weighted by atomic mass is 16.2. The van der Waals surface area contributed by atoms with Crippen molar-refractivity contribution in [2.24, 2.45) is 5.73 Å². The first kappa shape index (κ1) is 15.3. The van der Waals surface area contributed by atoms with E-state index in [0.717, 1.165) is 29.2 Å². The largest absolute Gasteiger partial charge is 0.341 e. The van der Waals surface area contributed by atoms with Crippen LogP contribution in [0.2, 0.25) is 0 Å². The molecule has 2 aromatic rings. The second-order valence-corrected chi connectivity index (χ2v) is 5.71. The lowest BCUT2D eigenvalue weighted by Crippen LogP contribution is -2.41. The average molecular weight is 309 g/mol. The minimum Gasteiger partial charge on any atom is -0.341 e. The number of nitrogens with zero attached hydrogens (tertiary/aromatic N) is 1. The zero-order valence-corrected chi connectivity index (χ0v) is 12.8. The van der Waals surface area contributed by atoms with E-state index in [1.54, 1.807) is 0 Å². The summed E-state index contributed by atoms with van der Waals surface area (Å²) in [6.45, 7) is 0.655. The zero-order chi connectivity index (χ0) is 16.2. The number of imide groups is 1. The predicted octanol–water partition coefficient (Wildman–Crippen LogP) is 1.71. The fourth-order valence-corrected chi connectivity index (χ4v) is 2.74. The summed E-state index contributed by atoms with van der Waals surface area (Å²) < 4.78 is 1.89. The SMILES string of the molecule is NCCCC#Cc1ccc2cn(C3CCC(=O)NC3=O)cc2c1. The maximum Gasteiger partial charge on any atom is 0.249 e. The Hall–Kier alpha value is -2.58. The van der Waals surface area contributed by atoms with Gasteiger partial charge in [-0.2, -0.15) is 0 Å². The third kappa shape index (κ3) is 3.43. The Labute approximate surface area is 134 Å². The number of carbonyl (C=O) groups excluding carboxylic acids is 2. The molecule has 2 amide bonds. The van der Waals surface area contributed by atoms with Crippen LogP contribution in [0.5, 0.6) is 0 Å². The molecule has 3 rings (SSSR count). The van der Waals surface area contributed by atoms with Gasteiger partial charge in [0.15, 0.2) is 0 Å². The lowest BCUT2D eigenvalue weighted by atomic mass is 10.1. The summed E-state index contributed by atoms with van der Waals surface area (Å²) >= 11 is 0. The van der Waals surface area contributed by atoms with Crippen LogP contribution in [0, 0.1) is 11.8 Å². The number of hydrogen-bond donors (Lipinski definition) is 2. The Morgan fingerprint density at radius 1 is 1.26 bits per heavy atom. The first-order chi connectivity index (χ1) is 11.2. The number of hydrogen-bond acceptors (Lipinski definition) is 3. The van der Waals surface area contributed by atoms with Crippen LogP contribution < -0.4 is 11.1 Å². The van der Waals surface area contributed by atoms with E-state index in [-0.39, 0.29) is 17.9 Å². The normalized spacial score (nSPS) is 17.7. The molecule has 3 N–H and O–H groups in total. The van der Waals surface area contributed by atoms with E-state index in [4.69, 9.17) is 5.73 Å². The monoisotopic (exact) mass is 309 g/mol. The maximum atomic E-state index is 12.0. The molecule has 5 heteroatoms. The molecule has 118 valence electrons. The Balaban J connectivity index is 1.82. The second-order valence-electron chi connectivity index (χ2n) is 5.71. The van der Waals surface area contributed by atoms with Crippen molar-refractivity contribution in [2.75, 3.05) is 6.54 Å². The summed E-state index contributed by atoms with van der Waals surface area (Å²) in [5.74, 6) is 5.82. The van der Waals surface area contributed by atoms with E-state index >= 15 is 0 Å². The Kier molecular flexibility index (Phi) is 4.45. The molecule has 0 saturated carbocycles. The molecular weight excluding hydrogens is 290 g/mol. The van der Waals surface area contributed by atoms with Gasteiger partial charge in [-0.05, 0) is 36.9 Å². The van der Waals surface area contributed by atoms with Crippen LogP contribution in [0.4, 0.5) is 0 Å². The Morgan fingerprint density at radius 3 is 2.87 bits per heavy atom. The van der Waals surface area contributed by atoms with Gasteiger partial charge < -0.3 is 10.3 Å². The molecule has 0 spiro atoms. The molecule has 1 atom stereocenters. The highest BCUT2D eigenvalue weighted by Crippen LogP contribution is 2.24. The van der Waals surface area contributed by atoms with Crippen LogP contribution in [0.15, 0.2) is 30.6 Å². The molecular formula is C18H19N3O2. The number of fused-ring (bicyclic) bond motifs is 1.